The lowest BCUT2D eigenvalue weighted by Crippen LogP contribution is -2.11. The van der Waals surface area contributed by atoms with Crippen LogP contribution in [0.1, 0.15) is 31.9 Å². The van der Waals surface area contributed by atoms with Gasteiger partial charge in [-0.3, -0.25) is 5.43 Å². The van der Waals surface area contributed by atoms with Gasteiger partial charge in [-0.05, 0) is 39.0 Å². The van der Waals surface area contributed by atoms with Crippen molar-refractivity contribution in [3.63, 3.8) is 0 Å². The summed E-state index contributed by atoms with van der Waals surface area (Å²) in [7, 11) is 0. The third-order valence-corrected chi connectivity index (χ3v) is 4.21. The van der Waals surface area contributed by atoms with E-state index >= 15 is 0 Å². The third-order valence-electron chi connectivity index (χ3n) is 2.84. The molecule has 0 radical (unpaired) electrons. The van der Waals surface area contributed by atoms with Gasteiger partial charge in [0.05, 0.1) is 10.7 Å². The van der Waals surface area contributed by atoms with Gasteiger partial charge in [0.1, 0.15) is 11.6 Å². The SMILES string of the molecule is CC(C)(C)c1cc(Br)c(O)c(C=NNc2nc(N)cs2)c1. The highest BCUT2D eigenvalue weighted by atomic mass is 79.9. The number of benzene rings is 1. The van der Waals surface area contributed by atoms with Crippen molar-refractivity contribution in [2.45, 2.75) is 26.2 Å². The van der Waals surface area contributed by atoms with Gasteiger partial charge in [0.25, 0.3) is 0 Å². The number of phenols is 1. The fourth-order valence-corrected chi connectivity index (χ4v) is 2.67. The molecule has 2 rings (SSSR count). The molecule has 2 aromatic rings. The number of anilines is 2. The quantitative estimate of drug-likeness (QED) is 0.565. The van der Waals surface area contributed by atoms with E-state index in [1.807, 2.05) is 12.1 Å². The molecule has 1 aromatic heterocycles. The maximum absolute atomic E-state index is 10.1. The fraction of sp³-hybridized carbons (Fsp3) is 0.286. The lowest BCUT2D eigenvalue weighted by Gasteiger charge is -2.20. The largest absolute Gasteiger partial charge is 0.506 e. The number of nitrogens with one attached hydrogen (secondary N) is 1. The van der Waals surface area contributed by atoms with Gasteiger partial charge in [0, 0.05) is 10.9 Å². The van der Waals surface area contributed by atoms with Gasteiger partial charge in [-0.2, -0.15) is 5.10 Å². The van der Waals surface area contributed by atoms with Crippen LogP contribution in [0, 0.1) is 0 Å². The second-order valence-corrected chi connectivity index (χ2v) is 7.31. The summed E-state index contributed by atoms with van der Waals surface area (Å²) in [6, 6.07) is 3.84. The summed E-state index contributed by atoms with van der Waals surface area (Å²) in [4.78, 5) is 4.04. The number of nitrogens with two attached hydrogens (primary N) is 1. The van der Waals surface area contributed by atoms with Crippen molar-refractivity contribution in [1.82, 2.24) is 4.98 Å². The lowest BCUT2D eigenvalue weighted by molar-refractivity contribution is 0.469. The van der Waals surface area contributed by atoms with Gasteiger partial charge < -0.3 is 10.8 Å². The third kappa shape index (κ3) is 3.95. The smallest absolute Gasteiger partial charge is 0.205 e. The van der Waals surface area contributed by atoms with Crippen LogP contribution in [0.25, 0.3) is 0 Å². The molecule has 0 unspecified atom stereocenters. The van der Waals surface area contributed by atoms with E-state index in [0.717, 1.165) is 5.56 Å². The van der Waals surface area contributed by atoms with Crippen molar-refractivity contribution in [2.75, 3.05) is 11.2 Å². The Morgan fingerprint density at radius 2 is 2.14 bits per heavy atom. The Balaban J connectivity index is 2.24. The molecule has 0 aliphatic rings. The highest BCUT2D eigenvalue weighted by Crippen LogP contribution is 2.33. The molecule has 1 heterocycles. The minimum atomic E-state index is -0.0179. The van der Waals surface area contributed by atoms with Crippen LogP contribution in [-0.2, 0) is 5.41 Å². The number of hydrazone groups is 1. The Labute approximate surface area is 136 Å². The summed E-state index contributed by atoms with van der Waals surface area (Å²) in [5, 5.41) is 16.5. The molecule has 0 aliphatic heterocycles. The molecule has 0 saturated heterocycles. The molecule has 0 fully saturated rings. The first-order valence-electron chi connectivity index (χ1n) is 6.30. The molecule has 21 heavy (non-hydrogen) atoms. The van der Waals surface area contributed by atoms with E-state index < -0.39 is 0 Å². The molecular weight excluding hydrogens is 352 g/mol. The summed E-state index contributed by atoms with van der Waals surface area (Å²) in [5.74, 6) is 0.616. The van der Waals surface area contributed by atoms with E-state index in [2.05, 4.69) is 52.2 Å². The maximum Gasteiger partial charge on any atom is 0.205 e. The molecule has 0 spiro atoms. The van der Waals surface area contributed by atoms with E-state index in [1.54, 1.807) is 11.6 Å². The van der Waals surface area contributed by atoms with Crippen LogP contribution in [0.5, 0.6) is 5.75 Å². The van der Waals surface area contributed by atoms with Crippen molar-refractivity contribution < 1.29 is 5.11 Å². The number of aromatic hydroxyl groups is 1. The van der Waals surface area contributed by atoms with Crippen LogP contribution in [0.15, 0.2) is 27.1 Å². The van der Waals surface area contributed by atoms with Crippen molar-refractivity contribution >= 4 is 44.4 Å². The summed E-state index contributed by atoms with van der Waals surface area (Å²) < 4.78 is 0.648. The number of aromatic nitrogens is 1. The number of phenolic OH excluding ortho intramolecular Hbond substituents is 1. The summed E-state index contributed by atoms with van der Waals surface area (Å²) >= 11 is 4.74. The standard InChI is InChI=1S/C14H17BrN4OS/c1-14(2,3)9-4-8(12(20)10(15)5-9)6-17-19-13-18-11(16)7-21-13/h4-7,20H,16H2,1-3H3,(H,18,19). The monoisotopic (exact) mass is 368 g/mol. The zero-order chi connectivity index (χ0) is 15.6. The number of halogens is 1. The molecule has 0 amide bonds. The van der Waals surface area contributed by atoms with Crippen molar-refractivity contribution in [1.29, 1.82) is 0 Å². The van der Waals surface area contributed by atoms with Gasteiger partial charge >= 0.3 is 0 Å². The number of nitrogens with zero attached hydrogens (tertiary/aromatic N) is 2. The predicted molar refractivity (Wildman–Crippen MR) is 92.2 cm³/mol. The van der Waals surface area contributed by atoms with E-state index in [4.69, 9.17) is 5.73 Å². The van der Waals surface area contributed by atoms with Gasteiger partial charge in [-0.15, -0.1) is 11.3 Å². The van der Waals surface area contributed by atoms with Crippen molar-refractivity contribution in [3.8, 4) is 5.75 Å². The first-order chi connectivity index (χ1) is 9.77. The van der Waals surface area contributed by atoms with Crippen molar-refractivity contribution in [3.05, 3.63) is 33.1 Å². The zero-order valence-electron chi connectivity index (χ0n) is 12.0. The average Bonchev–Trinajstić information content (AvgIpc) is 2.79. The minimum absolute atomic E-state index is 0.0179. The van der Waals surface area contributed by atoms with Gasteiger partial charge in [0.2, 0.25) is 5.13 Å². The summed E-state index contributed by atoms with van der Waals surface area (Å²) in [5.41, 5.74) is 10.0. The van der Waals surface area contributed by atoms with Gasteiger partial charge in [0.15, 0.2) is 0 Å². The van der Waals surface area contributed by atoms with Crippen LogP contribution < -0.4 is 11.2 Å². The molecule has 7 heteroatoms. The van der Waals surface area contributed by atoms with E-state index in [-0.39, 0.29) is 11.2 Å². The van der Waals surface area contributed by atoms with Crippen LogP contribution in [0.4, 0.5) is 10.9 Å². The normalized spacial score (nSPS) is 12.0. The van der Waals surface area contributed by atoms with E-state index in [1.165, 1.54) is 11.3 Å². The van der Waals surface area contributed by atoms with Crippen molar-refractivity contribution in [2.24, 2.45) is 5.10 Å². The van der Waals surface area contributed by atoms with Gasteiger partial charge in [-0.25, -0.2) is 4.98 Å². The van der Waals surface area contributed by atoms with Crippen LogP contribution >= 0.6 is 27.3 Å². The lowest BCUT2D eigenvalue weighted by atomic mass is 9.86. The van der Waals surface area contributed by atoms with Gasteiger partial charge in [-0.1, -0.05) is 20.8 Å². The predicted octanol–water partition coefficient (Wildman–Crippen LogP) is 3.94. The van der Waals surface area contributed by atoms with Crippen LogP contribution in [0.3, 0.4) is 0 Å². The van der Waals surface area contributed by atoms with Crippen LogP contribution in [0.2, 0.25) is 0 Å². The Morgan fingerprint density at radius 1 is 1.43 bits per heavy atom. The molecule has 1 aromatic carbocycles. The summed E-state index contributed by atoms with van der Waals surface area (Å²) in [6.07, 6.45) is 1.56. The second-order valence-electron chi connectivity index (χ2n) is 5.59. The molecular formula is C14H17BrN4OS. The maximum atomic E-state index is 10.1. The second kappa shape index (κ2) is 6.03. The number of hydrogen-bond acceptors (Lipinski definition) is 6. The number of thiazole rings is 1. The summed E-state index contributed by atoms with van der Waals surface area (Å²) in [6.45, 7) is 6.34. The molecule has 0 aliphatic carbocycles. The highest BCUT2D eigenvalue weighted by Gasteiger charge is 2.17. The molecule has 0 bridgehead atoms. The minimum Gasteiger partial charge on any atom is -0.506 e. The van der Waals surface area contributed by atoms with E-state index in [0.29, 0.717) is 21.0 Å². The first-order valence-corrected chi connectivity index (χ1v) is 7.97. The Bertz CT molecular complexity index is 676. The average molecular weight is 369 g/mol. The Hall–Kier alpha value is -1.60. The number of hydrogen-bond donors (Lipinski definition) is 3. The fourth-order valence-electron chi connectivity index (χ4n) is 1.65. The first kappa shape index (κ1) is 15.8. The molecule has 5 nitrogen and oxygen atoms in total. The Morgan fingerprint density at radius 3 is 2.71 bits per heavy atom. The number of rotatable bonds is 3. The topological polar surface area (TPSA) is 83.5 Å². The molecule has 0 saturated carbocycles. The zero-order valence-corrected chi connectivity index (χ0v) is 14.4. The molecule has 112 valence electrons. The highest BCUT2D eigenvalue weighted by molar-refractivity contribution is 9.10. The molecule has 0 atom stereocenters. The Kier molecular flexibility index (Phi) is 4.53. The van der Waals surface area contributed by atoms with E-state index in [9.17, 15) is 5.11 Å². The molecule has 4 N–H and O–H groups in total. The number of nitrogen functional groups attached to an aromatic ring is 1. The van der Waals surface area contributed by atoms with Crippen LogP contribution in [-0.4, -0.2) is 16.3 Å².